The third-order valence-electron chi connectivity index (χ3n) is 8.18. The van der Waals surface area contributed by atoms with Crippen LogP contribution in [0.1, 0.15) is 75.3 Å². The quantitative estimate of drug-likeness (QED) is 0.164. The van der Waals surface area contributed by atoms with Crippen LogP contribution in [0, 0.1) is 20.2 Å². The van der Waals surface area contributed by atoms with Gasteiger partial charge in [-0.15, -0.1) is 0 Å². The lowest BCUT2D eigenvalue weighted by molar-refractivity contribution is -0.386. The van der Waals surface area contributed by atoms with E-state index in [1.165, 1.54) is 4.31 Å². The highest BCUT2D eigenvalue weighted by Gasteiger charge is 2.44. The topological polar surface area (TPSA) is 211 Å². The van der Waals surface area contributed by atoms with Gasteiger partial charge in [-0.1, -0.05) is 43.7 Å². The van der Waals surface area contributed by atoms with Gasteiger partial charge in [0.05, 0.1) is 25.9 Å². The molecule has 0 spiro atoms. The number of nitro groups is 2. The standard InChI is InChI=1S/C25H28N4O10S2/c30-26-25-19-11-17(40(35,36)27(15-7-3-1-4-8-15)16-9-5-2-6-10-16)13-21(28(31)32)23(19)24-20(25)12-18(41(37,38)39)14-22(24)29(33)34/h11-16,30H,1-10H2,(H,37,38,39)/b26-25-. The van der Waals surface area contributed by atoms with Gasteiger partial charge >= 0.3 is 0 Å². The van der Waals surface area contributed by atoms with Crippen molar-refractivity contribution in [2.45, 2.75) is 86.1 Å². The smallest absolute Gasteiger partial charge is 0.294 e. The Kier molecular flexibility index (Phi) is 7.61. The largest absolute Gasteiger partial charge is 0.410 e. The Balaban J connectivity index is 1.75. The van der Waals surface area contributed by atoms with Crippen LogP contribution < -0.4 is 0 Å². The minimum atomic E-state index is -4.97. The minimum absolute atomic E-state index is 0.280. The van der Waals surface area contributed by atoms with E-state index in [2.05, 4.69) is 5.16 Å². The van der Waals surface area contributed by atoms with Crippen LogP contribution in [0.15, 0.2) is 39.2 Å². The van der Waals surface area contributed by atoms with E-state index < -0.39 is 62.4 Å². The van der Waals surface area contributed by atoms with Gasteiger partial charge in [0.25, 0.3) is 21.5 Å². The van der Waals surface area contributed by atoms with Gasteiger partial charge in [-0.2, -0.15) is 12.7 Å². The molecule has 2 N–H and O–H groups in total. The molecule has 0 amide bonds. The summed E-state index contributed by atoms with van der Waals surface area (Å²) < 4.78 is 63.4. The molecule has 3 aliphatic rings. The van der Waals surface area contributed by atoms with Gasteiger partial charge in [-0.25, -0.2) is 8.42 Å². The second-order valence-electron chi connectivity index (χ2n) is 10.6. The number of nitro benzene ring substituents is 2. The van der Waals surface area contributed by atoms with E-state index in [9.17, 15) is 46.8 Å². The molecule has 3 aliphatic carbocycles. The van der Waals surface area contributed by atoms with Gasteiger partial charge in [0.1, 0.15) is 10.6 Å². The molecule has 220 valence electrons. The summed E-state index contributed by atoms with van der Waals surface area (Å²) in [6.07, 6.45) is 7.99. The van der Waals surface area contributed by atoms with Crippen molar-refractivity contribution < 1.29 is 36.4 Å². The third kappa shape index (κ3) is 5.09. The van der Waals surface area contributed by atoms with Gasteiger partial charge in [-0.05, 0) is 37.8 Å². The van der Waals surface area contributed by atoms with Crippen LogP contribution in [0.4, 0.5) is 11.4 Å². The Bertz CT molecular complexity index is 1660. The number of nitrogens with zero attached hydrogens (tertiary/aromatic N) is 4. The third-order valence-corrected chi connectivity index (χ3v) is 11.0. The zero-order chi connectivity index (χ0) is 29.7. The van der Waals surface area contributed by atoms with Crippen LogP contribution in [-0.4, -0.2) is 58.5 Å². The summed E-state index contributed by atoms with van der Waals surface area (Å²) in [5.74, 6) is 0. The molecule has 14 nitrogen and oxygen atoms in total. The molecule has 2 saturated carbocycles. The predicted octanol–water partition coefficient (Wildman–Crippen LogP) is 4.61. The Morgan fingerprint density at radius 1 is 0.732 bits per heavy atom. The van der Waals surface area contributed by atoms with Crippen LogP contribution in [-0.2, 0) is 20.1 Å². The van der Waals surface area contributed by atoms with Gasteiger partial charge < -0.3 is 5.21 Å². The lowest BCUT2D eigenvalue weighted by atomic mass is 9.91. The molecule has 2 aromatic rings. The Labute approximate surface area is 235 Å². The lowest BCUT2D eigenvalue weighted by Crippen LogP contribution is -2.48. The molecule has 5 rings (SSSR count). The van der Waals surface area contributed by atoms with Crippen LogP contribution in [0.2, 0.25) is 0 Å². The molecule has 0 saturated heterocycles. The molecule has 0 bridgehead atoms. The second-order valence-corrected chi connectivity index (χ2v) is 13.9. The molecule has 0 atom stereocenters. The zero-order valence-electron chi connectivity index (χ0n) is 21.8. The highest BCUT2D eigenvalue weighted by atomic mass is 32.2. The second kappa shape index (κ2) is 10.7. The Morgan fingerprint density at radius 3 is 1.54 bits per heavy atom. The SMILES string of the molecule is O=[N+]([O-])c1cc(S(=O)(=O)O)cc2c1-c1c(cc(S(=O)(=O)N(C3CCCCC3)C3CCCCC3)cc1[N+](=O)[O-])/C2=N/O. The Hall–Kier alpha value is -3.47. The number of hydrogen-bond acceptors (Lipinski definition) is 10. The number of oxime groups is 1. The maximum Gasteiger partial charge on any atom is 0.294 e. The fraction of sp³-hybridized carbons (Fsp3) is 0.480. The number of benzene rings is 2. The number of fused-ring (bicyclic) bond motifs is 3. The van der Waals surface area contributed by atoms with Crippen molar-refractivity contribution in [3.8, 4) is 11.1 Å². The van der Waals surface area contributed by atoms with Gasteiger partial charge in [-0.3, -0.25) is 24.8 Å². The summed E-state index contributed by atoms with van der Waals surface area (Å²) in [5, 5.41) is 37.3. The molecule has 41 heavy (non-hydrogen) atoms. The fourth-order valence-electron chi connectivity index (χ4n) is 6.42. The van der Waals surface area contributed by atoms with E-state index in [1.54, 1.807) is 0 Å². The van der Waals surface area contributed by atoms with E-state index in [0.29, 0.717) is 31.7 Å². The van der Waals surface area contributed by atoms with Crippen molar-refractivity contribution in [2.75, 3.05) is 0 Å². The van der Waals surface area contributed by atoms with Crippen molar-refractivity contribution in [1.29, 1.82) is 0 Å². The van der Waals surface area contributed by atoms with E-state index in [0.717, 1.165) is 56.7 Å². The van der Waals surface area contributed by atoms with Crippen LogP contribution in [0.25, 0.3) is 11.1 Å². The van der Waals surface area contributed by atoms with E-state index in [1.807, 2.05) is 0 Å². The summed E-state index contributed by atoms with van der Waals surface area (Å²) in [7, 11) is -9.30. The first kappa shape index (κ1) is 29.0. The monoisotopic (exact) mass is 608 g/mol. The summed E-state index contributed by atoms with van der Waals surface area (Å²) in [5.41, 5.74) is -3.64. The van der Waals surface area contributed by atoms with E-state index >= 15 is 0 Å². The number of sulfonamides is 1. The lowest BCUT2D eigenvalue weighted by Gasteiger charge is -2.40. The normalized spacial score (nSPS) is 19.3. The molecule has 0 aliphatic heterocycles. The first-order chi connectivity index (χ1) is 19.4. The Morgan fingerprint density at radius 2 is 1.15 bits per heavy atom. The number of hydrogen-bond donors (Lipinski definition) is 2. The van der Waals surface area contributed by atoms with Gasteiger partial charge in [0.15, 0.2) is 0 Å². The van der Waals surface area contributed by atoms with Crippen molar-refractivity contribution >= 4 is 37.2 Å². The van der Waals surface area contributed by atoms with Gasteiger partial charge in [0, 0.05) is 35.3 Å². The summed E-state index contributed by atoms with van der Waals surface area (Å²) >= 11 is 0. The molecule has 0 aromatic heterocycles. The van der Waals surface area contributed by atoms with Crippen LogP contribution in [0.5, 0.6) is 0 Å². The van der Waals surface area contributed by atoms with Crippen molar-refractivity contribution in [3.63, 3.8) is 0 Å². The van der Waals surface area contributed by atoms with Crippen molar-refractivity contribution in [1.82, 2.24) is 4.31 Å². The summed E-state index contributed by atoms with van der Waals surface area (Å²) in [6.45, 7) is 0. The number of rotatable bonds is 7. The van der Waals surface area contributed by atoms with Crippen molar-refractivity contribution in [2.24, 2.45) is 5.16 Å². The van der Waals surface area contributed by atoms with E-state index in [-0.39, 0.29) is 28.8 Å². The molecular formula is C25H28N4O10S2. The zero-order valence-corrected chi connectivity index (χ0v) is 23.4. The average molecular weight is 609 g/mol. The highest BCUT2D eigenvalue weighted by Crippen LogP contribution is 2.49. The molecule has 2 fully saturated rings. The first-order valence-corrected chi connectivity index (χ1v) is 16.1. The van der Waals surface area contributed by atoms with E-state index in [4.69, 9.17) is 0 Å². The molecule has 2 aromatic carbocycles. The first-order valence-electron chi connectivity index (χ1n) is 13.2. The highest BCUT2D eigenvalue weighted by molar-refractivity contribution is 7.89. The van der Waals surface area contributed by atoms with Crippen LogP contribution >= 0.6 is 0 Å². The molecule has 0 unspecified atom stereocenters. The summed E-state index contributed by atoms with van der Waals surface area (Å²) in [6, 6.07) is 2.71. The van der Waals surface area contributed by atoms with Gasteiger partial charge in [0.2, 0.25) is 10.0 Å². The predicted molar refractivity (Wildman–Crippen MR) is 145 cm³/mol. The average Bonchev–Trinajstić information content (AvgIpc) is 3.26. The summed E-state index contributed by atoms with van der Waals surface area (Å²) in [4.78, 5) is 21.1. The molecule has 0 heterocycles. The molecule has 0 radical (unpaired) electrons. The van der Waals surface area contributed by atoms with Crippen molar-refractivity contribution in [3.05, 3.63) is 55.6 Å². The maximum atomic E-state index is 14.3. The maximum absolute atomic E-state index is 14.3. The fourth-order valence-corrected chi connectivity index (χ4v) is 8.93. The minimum Gasteiger partial charge on any atom is -0.410 e. The molecular weight excluding hydrogens is 580 g/mol. The van der Waals surface area contributed by atoms with Crippen LogP contribution in [0.3, 0.4) is 0 Å². The molecule has 16 heteroatoms.